The predicted octanol–water partition coefficient (Wildman–Crippen LogP) is 3.68. The average Bonchev–Trinajstić information content (AvgIpc) is 2.33. The maximum absolute atomic E-state index is 6.44. The standard InChI is InChI=1S/C15H23ClN2/c1-11-4-5-12(2)18(10-11)15-7-6-13(9-17-3)8-14(15)16/h6-8,11-12,17H,4-5,9-10H2,1-3H3. The smallest absolute Gasteiger partial charge is 0.0642 e. The van der Waals surface area contributed by atoms with Crippen LogP contribution in [0.2, 0.25) is 5.02 Å². The largest absolute Gasteiger partial charge is 0.367 e. The van der Waals surface area contributed by atoms with E-state index in [0.717, 1.165) is 24.0 Å². The lowest BCUT2D eigenvalue weighted by atomic mass is 9.94. The van der Waals surface area contributed by atoms with Crippen molar-refractivity contribution in [3.63, 3.8) is 0 Å². The molecule has 1 N–H and O–H groups in total. The highest BCUT2D eigenvalue weighted by Crippen LogP contribution is 2.33. The third-order valence-electron chi connectivity index (χ3n) is 3.82. The lowest BCUT2D eigenvalue weighted by Crippen LogP contribution is -2.41. The molecule has 1 aromatic carbocycles. The van der Waals surface area contributed by atoms with Gasteiger partial charge in [0.25, 0.3) is 0 Å². The number of anilines is 1. The fourth-order valence-corrected chi connectivity index (χ4v) is 3.03. The fraction of sp³-hybridized carbons (Fsp3) is 0.600. The van der Waals surface area contributed by atoms with Gasteiger partial charge >= 0.3 is 0 Å². The van der Waals surface area contributed by atoms with Gasteiger partial charge in [0.05, 0.1) is 10.7 Å². The lowest BCUT2D eigenvalue weighted by Gasteiger charge is -2.39. The molecule has 1 aromatic rings. The maximum atomic E-state index is 6.44. The van der Waals surface area contributed by atoms with Crippen LogP contribution in [0.25, 0.3) is 0 Å². The van der Waals surface area contributed by atoms with Gasteiger partial charge in [-0.15, -0.1) is 0 Å². The van der Waals surface area contributed by atoms with Crippen molar-refractivity contribution >= 4 is 17.3 Å². The third kappa shape index (κ3) is 2.99. The van der Waals surface area contributed by atoms with Gasteiger partial charge in [-0.1, -0.05) is 24.6 Å². The van der Waals surface area contributed by atoms with E-state index < -0.39 is 0 Å². The first-order valence-corrected chi connectivity index (χ1v) is 7.19. The Labute approximate surface area is 115 Å². The minimum atomic E-state index is 0.592. The zero-order valence-corrected chi connectivity index (χ0v) is 12.3. The van der Waals surface area contributed by atoms with Gasteiger partial charge in [0.1, 0.15) is 0 Å². The highest BCUT2D eigenvalue weighted by molar-refractivity contribution is 6.33. The number of hydrogen-bond acceptors (Lipinski definition) is 2. The van der Waals surface area contributed by atoms with Crippen LogP contribution < -0.4 is 10.2 Å². The Kier molecular flexibility index (Phi) is 4.52. The predicted molar refractivity (Wildman–Crippen MR) is 79.4 cm³/mol. The van der Waals surface area contributed by atoms with E-state index in [1.807, 2.05) is 7.05 Å². The molecule has 0 amide bonds. The molecule has 1 heterocycles. The van der Waals surface area contributed by atoms with Gasteiger partial charge in [0.2, 0.25) is 0 Å². The van der Waals surface area contributed by atoms with Crippen molar-refractivity contribution in [1.82, 2.24) is 5.32 Å². The van der Waals surface area contributed by atoms with Gasteiger partial charge in [-0.2, -0.15) is 0 Å². The summed E-state index contributed by atoms with van der Waals surface area (Å²) in [6.07, 6.45) is 2.59. The van der Waals surface area contributed by atoms with Crippen molar-refractivity contribution in [2.24, 2.45) is 5.92 Å². The van der Waals surface area contributed by atoms with Gasteiger partial charge in [-0.05, 0) is 50.4 Å². The van der Waals surface area contributed by atoms with Crippen LogP contribution >= 0.6 is 11.6 Å². The first kappa shape index (κ1) is 13.7. The van der Waals surface area contributed by atoms with Crippen LogP contribution in [0.1, 0.15) is 32.3 Å². The van der Waals surface area contributed by atoms with Crippen molar-refractivity contribution in [2.45, 2.75) is 39.3 Å². The minimum absolute atomic E-state index is 0.592. The molecule has 0 radical (unpaired) electrons. The second kappa shape index (κ2) is 5.94. The summed E-state index contributed by atoms with van der Waals surface area (Å²) in [7, 11) is 1.95. The first-order chi connectivity index (χ1) is 8.61. The monoisotopic (exact) mass is 266 g/mol. The van der Waals surface area contributed by atoms with E-state index in [9.17, 15) is 0 Å². The molecule has 3 heteroatoms. The Morgan fingerprint density at radius 2 is 2.11 bits per heavy atom. The Hall–Kier alpha value is -0.730. The Morgan fingerprint density at radius 3 is 2.78 bits per heavy atom. The molecule has 0 spiro atoms. The second-order valence-corrected chi connectivity index (χ2v) is 5.91. The van der Waals surface area contributed by atoms with E-state index in [-0.39, 0.29) is 0 Å². The van der Waals surface area contributed by atoms with Crippen molar-refractivity contribution in [3.8, 4) is 0 Å². The summed E-state index contributed by atoms with van der Waals surface area (Å²) >= 11 is 6.44. The van der Waals surface area contributed by atoms with E-state index in [2.05, 4.69) is 42.3 Å². The summed E-state index contributed by atoms with van der Waals surface area (Å²) in [6, 6.07) is 7.01. The van der Waals surface area contributed by atoms with Gasteiger partial charge < -0.3 is 10.2 Å². The molecule has 0 bridgehead atoms. The van der Waals surface area contributed by atoms with Gasteiger partial charge in [0.15, 0.2) is 0 Å². The number of piperidine rings is 1. The summed E-state index contributed by atoms with van der Waals surface area (Å²) < 4.78 is 0. The van der Waals surface area contributed by atoms with Crippen LogP contribution in [-0.4, -0.2) is 19.6 Å². The lowest BCUT2D eigenvalue weighted by molar-refractivity contribution is 0.390. The number of nitrogens with zero attached hydrogens (tertiary/aromatic N) is 1. The van der Waals surface area contributed by atoms with E-state index in [4.69, 9.17) is 11.6 Å². The number of benzene rings is 1. The zero-order valence-electron chi connectivity index (χ0n) is 11.5. The number of rotatable bonds is 3. The van der Waals surface area contributed by atoms with E-state index >= 15 is 0 Å². The fourth-order valence-electron chi connectivity index (χ4n) is 2.72. The van der Waals surface area contributed by atoms with Crippen molar-refractivity contribution in [2.75, 3.05) is 18.5 Å². The van der Waals surface area contributed by atoms with Gasteiger partial charge in [0, 0.05) is 19.1 Å². The SMILES string of the molecule is CNCc1ccc(N2CC(C)CCC2C)c(Cl)c1. The third-order valence-corrected chi connectivity index (χ3v) is 4.12. The normalized spacial score (nSPS) is 24.3. The van der Waals surface area contributed by atoms with E-state index in [1.165, 1.54) is 24.1 Å². The number of hydrogen-bond donors (Lipinski definition) is 1. The van der Waals surface area contributed by atoms with E-state index in [1.54, 1.807) is 0 Å². The van der Waals surface area contributed by atoms with Crippen molar-refractivity contribution in [1.29, 1.82) is 0 Å². The van der Waals surface area contributed by atoms with Crippen molar-refractivity contribution < 1.29 is 0 Å². The van der Waals surface area contributed by atoms with Crippen molar-refractivity contribution in [3.05, 3.63) is 28.8 Å². The average molecular weight is 267 g/mol. The highest BCUT2D eigenvalue weighted by atomic mass is 35.5. The minimum Gasteiger partial charge on any atom is -0.367 e. The molecular weight excluding hydrogens is 244 g/mol. The van der Waals surface area contributed by atoms with Gasteiger partial charge in [-0.3, -0.25) is 0 Å². The number of nitrogens with one attached hydrogen (secondary N) is 1. The first-order valence-electron chi connectivity index (χ1n) is 6.81. The molecule has 1 aliphatic heterocycles. The summed E-state index contributed by atoms with van der Waals surface area (Å²) in [4.78, 5) is 2.46. The summed E-state index contributed by atoms with van der Waals surface area (Å²) in [5.41, 5.74) is 2.43. The topological polar surface area (TPSA) is 15.3 Å². The molecule has 100 valence electrons. The summed E-state index contributed by atoms with van der Waals surface area (Å²) in [6.45, 7) is 6.60. The van der Waals surface area contributed by atoms with Gasteiger partial charge in [-0.25, -0.2) is 0 Å². The summed E-state index contributed by atoms with van der Waals surface area (Å²) in [5, 5.41) is 4.03. The molecule has 1 saturated heterocycles. The number of halogens is 1. The Bertz CT molecular complexity index is 405. The highest BCUT2D eigenvalue weighted by Gasteiger charge is 2.24. The van der Waals surface area contributed by atoms with Crippen LogP contribution in [0.3, 0.4) is 0 Å². The molecule has 2 rings (SSSR count). The van der Waals surface area contributed by atoms with Crippen LogP contribution in [-0.2, 0) is 6.54 Å². The van der Waals surface area contributed by atoms with Crippen LogP contribution in [0, 0.1) is 5.92 Å². The van der Waals surface area contributed by atoms with Crippen LogP contribution in [0.15, 0.2) is 18.2 Å². The zero-order chi connectivity index (χ0) is 13.1. The Morgan fingerprint density at radius 1 is 1.33 bits per heavy atom. The molecule has 18 heavy (non-hydrogen) atoms. The molecule has 1 fully saturated rings. The van der Waals surface area contributed by atoms with Crippen LogP contribution in [0.5, 0.6) is 0 Å². The second-order valence-electron chi connectivity index (χ2n) is 5.50. The summed E-state index contributed by atoms with van der Waals surface area (Å²) in [5.74, 6) is 0.759. The molecule has 0 aliphatic carbocycles. The molecule has 0 saturated carbocycles. The molecule has 2 atom stereocenters. The maximum Gasteiger partial charge on any atom is 0.0642 e. The van der Waals surface area contributed by atoms with E-state index in [0.29, 0.717) is 6.04 Å². The Balaban J connectivity index is 2.21. The molecule has 0 aromatic heterocycles. The quantitative estimate of drug-likeness (QED) is 0.898. The molecular formula is C15H23ClN2. The molecule has 2 nitrogen and oxygen atoms in total. The molecule has 1 aliphatic rings. The molecule has 2 unspecified atom stereocenters. The van der Waals surface area contributed by atoms with Crippen LogP contribution in [0.4, 0.5) is 5.69 Å².